The number of aliphatic hydroxyl groups excluding tert-OH is 5. The molecule has 0 aromatic heterocycles. The fraction of sp³-hybridized carbons (Fsp3) is 0.609. The van der Waals surface area contributed by atoms with Crippen LogP contribution in [-0.2, 0) is 23.7 Å². The van der Waals surface area contributed by atoms with E-state index < -0.39 is 85.8 Å². The van der Waals surface area contributed by atoms with Gasteiger partial charge in [-0.1, -0.05) is 0 Å². The highest BCUT2D eigenvalue weighted by atomic mass is 16.8. The summed E-state index contributed by atoms with van der Waals surface area (Å²) in [5, 5.41) is 59.8. The van der Waals surface area contributed by atoms with E-state index in [1.54, 1.807) is 6.08 Å². The Morgan fingerprint density at radius 2 is 1.89 bits per heavy atom. The molecule has 0 amide bonds. The number of phenols is 1. The number of benzene rings is 1. The number of aliphatic hydroxyl groups is 5. The summed E-state index contributed by atoms with van der Waals surface area (Å²) in [6.07, 6.45) is -7.19. The molecule has 13 nitrogen and oxygen atoms in total. The first-order chi connectivity index (χ1) is 17.2. The van der Waals surface area contributed by atoms with Crippen molar-refractivity contribution in [2.24, 2.45) is 11.8 Å². The van der Waals surface area contributed by atoms with Crippen LogP contribution in [-0.4, -0.2) is 112 Å². The fourth-order valence-electron chi connectivity index (χ4n) is 5.28. The molecule has 0 bridgehead atoms. The maximum atomic E-state index is 12.9. The van der Waals surface area contributed by atoms with Crippen LogP contribution in [0.5, 0.6) is 11.5 Å². The number of hydrogen-bond acceptors (Lipinski definition) is 13. The first-order valence-electron chi connectivity index (χ1n) is 11.4. The van der Waals surface area contributed by atoms with Gasteiger partial charge in [0.1, 0.15) is 42.2 Å². The minimum atomic E-state index is -1.66. The van der Waals surface area contributed by atoms with Crippen molar-refractivity contribution in [3.63, 3.8) is 0 Å². The Labute approximate surface area is 205 Å². The Bertz CT molecular complexity index is 1010. The third-order valence-electron chi connectivity index (χ3n) is 7.26. The van der Waals surface area contributed by atoms with Crippen LogP contribution in [0.2, 0.25) is 0 Å². The second-order valence-corrected chi connectivity index (χ2v) is 9.18. The average Bonchev–Trinajstić information content (AvgIpc) is 3.56. The number of ether oxygens (including phenoxy) is 6. The predicted octanol–water partition coefficient (Wildman–Crippen LogP) is -2.01. The topological polar surface area (TPSA) is 197 Å². The number of phenolic OH excluding ortho intramolecular Hbond substituents is 1. The number of epoxide rings is 1. The van der Waals surface area contributed by atoms with Gasteiger partial charge in [-0.15, -0.1) is 0 Å². The van der Waals surface area contributed by atoms with Gasteiger partial charge in [0.2, 0.25) is 6.29 Å². The lowest BCUT2D eigenvalue weighted by atomic mass is 9.85. The maximum absolute atomic E-state index is 12.9. The summed E-state index contributed by atoms with van der Waals surface area (Å²) < 4.78 is 33.4. The minimum Gasteiger partial charge on any atom is -0.504 e. The van der Waals surface area contributed by atoms with Crippen LogP contribution in [0.3, 0.4) is 0 Å². The monoisotopic (exact) mass is 512 g/mol. The summed E-state index contributed by atoms with van der Waals surface area (Å²) in [5.41, 5.74) is -1.03. The number of hydrogen-bond donors (Lipinski definition) is 6. The van der Waals surface area contributed by atoms with Crippen LogP contribution in [0.15, 0.2) is 30.5 Å². The molecule has 1 aromatic carbocycles. The number of methoxy groups -OCH3 is 1. The van der Waals surface area contributed by atoms with Crippen molar-refractivity contribution >= 4 is 5.97 Å². The molecule has 1 saturated carbocycles. The zero-order valence-electron chi connectivity index (χ0n) is 19.1. The van der Waals surface area contributed by atoms with Gasteiger partial charge in [-0.05, 0) is 24.3 Å². The Kier molecular flexibility index (Phi) is 6.59. The van der Waals surface area contributed by atoms with E-state index >= 15 is 0 Å². The van der Waals surface area contributed by atoms with Crippen LogP contribution >= 0.6 is 0 Å². The SMILES string of the molecule is COc1cc(C(=O)O[C@@H]2[C@@H]3C=CO[C@H](O[C@H]4O[C@@H](CO)[C@H](O)[C@@H](O)[C@@H]4O)[C@@H]3[C@]3(CO)O[C@@H]23)ccc1O. The third kappa shape index (κ3) is 3.92. The molecule has 1 aromatic rings. The molecule has 2 saturated heterocycles. The third-order valence-corrected chi connectivity index (χ3v) is 7.26. The van der Waals surface area contributed by atoms with Crippen molar-refractivity contribution in [2.75, 3.05) is 20.3 Å². The molecule has 1 aliphatic carbocycles. The van der Waals surface area contributed by atoms with Crippen molar-refractivity contribution in [1.29, 1.82) is 0 Å². The number of carbonyl (C=O) groups excluding carboxylic acids is 1. The minimum absolute atomic E-state index is 0.0973. The first kappa shape index (κ1) is 25.2. The number of rotatable bonds is 7. The van der Waals surface area contributed by atoms with Gasteiger partial charge in [0, 0.05) is 5.92 Å². The van der Waals surface area contributed by atoms with Gasteiger partial charge in [-0.2, -0.15) is 0 Å². The quantitative estimate of drug-likeness (QED) is 0.173. The van der Waals surface area contributed by atoms with Crippen LogP contribution in [0.1, 0.15) is 10.4 Å². The lowest BCUT2D eigenvalue weighted by Gasteiger charge is -2.43. The molecule has 4 aliphatic rings. The van der Waals surface area contributed by atoms with Gasteiger partial charge in [0.25, 0.3) is 0 Å². The van der Waals surface area contributed by atoms with Crippen molar-refractivity contribution in [3.05, 3.63) is 36.1 Å². The van der Waals surface area contributed by atoms with E-state index in [1.165, 1.54) is 31.6 Å². The predicted molar refractivity (Wildman–Crippen MR) is 114 cm³/mol. The first-order valence-corrected chi connectivity index (χ1v) is 11.4. The van der Waals surface area contributed by atoms with Crippen molar-refractivity contribution < 1.29 is 63.9 Å². The van der Waals surface area contributed by atoms with E-state index in [1.807, 2.05) is 0 Å². The van der Waals surface area contributed by atoms with E-state index in [9.17, 15) is 35.4 Å². The second-order valence-electron chi connectivity index (χ2n) is 9.18. The molecule has 3 fully saturated rings. The molecule has 0 spiro atoms. The van der Waals surface area contributed by atoms with Crippen LogP contribution in [0.25, 0.3) is 0 Å². The molecular weight excluding hydrogens is 484 g/mol. The maximum Gasteiger partial charge on any atom is 0.338 e. The van der Waals surface area contributed by atoms with Crippen LogP contribution in [0, 0.1) is 11.8 Å². The molecule has 3 aliphatic heterocycles. The molecule has 13 heteroatoms. The highest BCUT2D eigenvalue weighted by Gasteiger charge is 2.77. The van der Waals surface area contributed by atoms with Gasteiger partial charge >= 0.3 is 5.97 Å². The molecule has 11 atom stereocenters. The number of fused-ring (bicyclic) bond motifs is 3. The second kappa shape index (κ2) is 9.43. The van der Waals surface area contributed by atoms with Crippen molar-refractivity contribution in [3.8, 4) is 11.5 Å². The van der Waals surface area contributed by atoms with Gasteiger partial charge in [0.15, 0.2) is 17.8 Å². The number of carbonyl (C=O) groups is 1. The smallest absolute Gasteiger partial charge is 0.338 e. The molecule has 6 N–H and O–H groups in total. The molecule has 0 unspecified atom stereocenters. The lowest BCUT2D eigenvalue weighted by Crippen LogP contribution is -2.60. The fourth-order valence-corrected chi connectivity index (χ4v) is 5.28. The summed E-state index contributed by atoms with van der Waals surface area (Å²) in [6, 6.07) is 4.02. The Morgan fingerprint density at radius 3 is 2.58 bits per heavy atom. The average molecular weight is 512 g/mol. The van der Waals surface area contributed by atoms with Crippen molar-refractivity contribution in [2.45, 2.75) is 54.8 Å². The van der Waals surface area contributed by atoms with Gasteiger partial charge in [-0.25, -0.2) is 4.79 Å². The molecule has 5 rings (SSSR count). The number of aromatic hydroxyl groups is 1. The largest absolute Gasteiger partial charge is 0.504 e. The summed E-state index contributed by atoms with van der Waals surface area (Å²) in [5.74, 6) is -1.95. The van der Waals surface area contributed by atoms with Crippen molar-refractivity contribution in [1.82, 2.24) is 0 Å². The van der Waals surface area contributed by atoms with Gasteiger partial charge < -0.3 is 59.1 Å². The Hall–Kier alpha value is -2.49. The molecule has 198 valence electrons. The molecular formula is C23H28O13. The van der Waals surface area contributed by atoms with Crippen LogP contribution in [0.4, 0.5) is 0 Å². The lowest BCUT2D eigenvalue weighted by molar-refractivity contribution is -0.344. The molecule has 0 radical (unpaired) electrons. The van der Waals surface area contributed by atoms with E-state index in [0.29, 0.717) is 0 Å². The zero-order valence-corrected chi connectivity index (χ0v) is 19.1. The summed E-state index contributed by atoms with van der Waals surface area (Å²) >= 11 is 0. The van der Waals surface area contributed by atoms with Crippen LogP contribution < -0.4 is 4.74 Å². The number of esters is 1. The van der Waals surface area contributed by atoms with Gasteiger partial charge in [-0.3, -0.25) is 0 Å². The van der Waals surface area contributed by atoms with E-state index in [-0.39, 0.29) is 17.1 Å². The standard InChI is InChI=1S/C23H28O13/c1-31-12-6-9(2-3-11(12)26)20(30)34-18-10-4-5-32-21(14(10)23(8-25)19(18)36-23)35-22-17(29)16(28)15(27)13(7-24)33-22/h2-6,10,13-19,21-22,24-29H,7-8H2,1H3/t10-,13+,14-,15+,16-,17+,18-,19+,21-,22-,23+/m1/s1. The normalized spacial score (nSPS) is 42.7. The van der Waals surface area contributed by atoms with E-state index in [2.05, 4.69) is 0 Å². The molecule has 3 heterocycles. The van der Waals surface area contributed by atoms with Gasteiger partial charge in [0.05, 0.1) is 38.1 Å². The Balaban J connectivity index is 1.35. The van der Waals surface area contributed by atoms with E-state index in [4.69, 9.17) is 28.4 Å². The summed E-state index contributed by atoms with van der Waals surface area (Å²) in [4.78, 5) is 12.9. The summed E-state index contributed by atoms with van der Waals surface area (Å²) in [7, 11) is 1.35. The Morgan fingerprint density at radius 1 is 1.11 bits per heavy atom. The highest BCUT2D eigenvalue weighted by Crippen LogP contribution is 2.60. The highest BCUT2D eigenvalue weighted by molar-refractivity contribution is 5.90. The molecule has 36 heavy (non-hydrogen) atoms. The zero-order chi connectivity index (χ0) is 25.8. The summed E-state index contributed by atoms with van der Waals surface area (Å²) in [6.45, 7) is -1.07. The van der Waals surface area contributed by atoms with E-state index in [0.717, 1.165) is 0 Å².